The molecule has 1 heterocycles. The molecule has 2 aromatic rings. The third-order valence-corrected chi connectivity index (χ3v) is 3.86. The van der Waals surface area contributed by atoms with Gasteiger partial charge in [0, 0.05) is 15.7 Å². The molecule has 0 atom stereocenters. The van der Waals surface area contributed by atoms with Crippen molar-refractivity contribution in [2.45, 2.75) is 6.54 Å². The van der Waals surface area contributed by atoms with Crippen molar-refractivity contribution in [1.29, 1.82) is 0 Å². The fourth-order valence-corrected chi connectivity index (χ4v) is 2.75. The lowest BCUT2D eigenvalue weighted by Crippen LogP contribution is -2.29. The van der Waals surface area contributed by atoms with Crippen molar-refractivity contribution in [3.8, 4) is 0 Å². The van der Waals surface area contributed by atoms with Gasteiger partial charge in [0.05, 0.1) is 17.7 Å². The van der Waals surface area contributed by atoms with E-state index in [1.54, 1.807) is 30.3 Å². The largest absolute Gasteiger partial charge is 0.398 e. The van der Waals surface area contributed by atoms with E-state index in [9.17, 15) is 14.0 Å². The van der Waals surface area contributed by atoms with Gasteiger partial charge < -0.3 is 5.73 Å². The number of nitrogens with zero attached hydrogens (tertiary/aromatic N) is 1. The molecule has 2 amide bonds. The van der Waals surface area contributed by atoms with Crippen LogP contribution in [-0.4, -0.2) is 16.7 Å². The van der Waals surface area contributed by atoms with Gasteiger partial charge in [0.2, 0.25) is 0 Å². The van der Waals surface area contributed by atoms with Gasteiger partial charge in [-0.05, 0) is 30.3 Å². The quantitative estimate of drug-likeness (QED) is 0.670. The predicted octanol–water partition coefficient (Wildman–Crippen LogP) is 2.97. The first-order valence-electron chi connectivity index (χ1n) is 6.17. The Kier molecular flexibility index (Phi) is 3.25. The van der Waals surface area contributed by atoms with Gasteiger partial charge in [-0.15, -0.1) is 0 Å². The van der Waals surface area contributed by atoms with Gasteiger partial charge in [0.15, 0.2) is 0 Å². The topological polar surface area (TPSA) is 63.4 Å². The van der Waals surface area contributed by atoms with Crippen molar-refractivity contribution >= 4 is 33.4 Å². The third-order valence-electron chi connectivity index (χ3n) is 3.37. The molecule has 4 nitrogen and oxygen atoms in total. The van der Waals surface area contributed by atoms with Crippen molar-refractivity contribution in [3.63, 3.8) is 0 Å². The van der Waals surface area contributed by atoms with Crippen LogP contribution in [0.25, 0.3) is 0 Å². The highest BCUT2D eigenvalue weighted by molar-refractivity contribution is 9.10. The molecule has 2 N–H and O–H groups in total. The lowest BCUT2D eigenvalue weighted by atomic mass is 10.1. The summed E-state index contributed by atoms with van der Waals surface area (Å²) < 4.78 is 14.5. The van der Waals surface area contributed by atoms with Crippen molar-refractivity contribution in [3.05, 3.63) is 63.4 Å². The van der Waals surface area contributed by atoms with Gasteiger partial charge in [0.1, 0.15) is 5.82 Å². The maximum atomic E-state index is 13.8. The fraction of sp³-hybridized carbons (Fsp3) is 0.0667. The number of hydrogen-bond donors (Lipinski definition) is 1. The number of benzene rings is 2. The van der Waals surface area contributed by atoms with E-state index in [1.165, 1.54) is 6.07 Å². The molecule has 0 bridgehead atoms. The number of carbonyl (C=O) groups is 2. The number of rotatable bonds is 2. The smallest absolute Gasteiger partial charge is 0.263 e. The number of halogens is 2. The Hall–Kier alpha value is -2.21. The molecule has 0 radical (unpaired) electrons. The number of anilines is 1. The van der Waals surface area contributed by atoms with Crippen molar-refractivity contribution in [2.75, 3.05) is 5.73 Å². The van der Waals surface area contributed by atoms with Crippen LogP contribution in [0.3, 0.4) is 0 Å². The summed E-state index contributed by atoms with van der Waals surface area (Å²) in [6.07, 6.45) is 0. The second kappa shape index (κ2) is 4.96. The number of hydrogen-bond acceptors (Lipinski definition) is 3. The Labute approximate surface area is 128 Å². The summed E-state index contributed by atoms with van der Waals surface area (Å²) in [6, 6.07) is 9.10. The van der Waals surface area contributed by atoms with E-state index in [-0.39, 0.29) is 28.9 Å². The molecule has 0 fully saturated rings. The molecule has 6 heteroatoms. The van der Waals surface area contributed by atoms with Gasteiger partial charge >= 0.3 is 0 Å². The second-order valence-corrected chi connectivity index (χ2v) is 5.62. The Balaban J connectivity index is 1.99. The van der Waals surface area contributed by atoms with E-state index >= 15 is 0 Å². The summed E-state index contributed by atoms with van der Waals surface area (Å²) in [5.74, 6) is -1.42. The number of amides is 2. The van der Waals surface area contributed by atoms with Crippen LogP contribution in [0.2, 0.25) is 0 Å². The molecular weight excluding hydrogens is 339 g/mol. The molecule has 0 saturated carbocycles. The summed E-state index contributed by atoms with van der Waals surface area (Å²) in [4.78, 5) is 25.6. The Morgan fingerprint density at radius 3 is 2.62 bits per heavy atom. The molecule has 0 unspecified atom stereocenters. The number of carbonyl (C=O) groups excluding carboxylic acids is 2. The Bertz CT molecular complexity index is 776. The first-order chi connectivity index (χ1) is 9.99. The second-order valence-electron chi connectivity index (χ2n) is 4.70. The van der Waals surface area contributed by atoms with Crippen molar-refractivity contribution < 1.29 is 14.0 Å². The number of nitrogens with two attached hydrogens (primary N) is 1. The van der Waals surface area contributed by atoms with Crippen LogP contribution in [-0.2, 0) is 6.54 Å². The maximum Gasteiger partial charge on any atom is 0.263 e. The van der Waals surface area contributed by atoms with Gasteiger partial charge in [-0.25, -0.2) is 4.39 Å². The van der Waals surface area contributed by atoms with Crippen LogP contribution in [0.4, 0.5) is 10.1 Å². The SMILES string of the molecule is Nc1cccc2c1C(=O)N(Cc1cc(Br)ccc1F)C2=O. The van der Waals surface area contributed by atoms with Crippen LogP contribution in [0, 0.1) is 5.82 Å². The van der Waals surface area contributed by atoms with Crippen LogP contribution in [0.5, 0.6) is 0 Å². The van der Waals surface area contributed by atoms with Gasteiger partial charge in [-0.1, -0.05) is 22.0 Å². The highest BCUT2D eigenvalue weighted by Gasteiger charge is 2.37. The zero-order valence-corrected chi connectivity index (χ0v) is 12.4. The summed E-state index contributed by atoms with van der Waals surface area (Å²) >= 11 is 3.24. The summed E-state index contributed by atoms with van der Waals surface area (Å²) in [6.45, 7) is -0.128. The van der Waals surface area contributed by atoms with E-state index in [0.717, 1.165) is 4.90 Å². The molecule has 0 saturated heterocycles. The van der Waals surface area contributed by atoms with Crippen LogP contribution in [0.1, 0.15) is 26.3 Å². The van der Waals surface area contributed by atoms with Gasteiger partial charge in [-0.2, -0.15) is 0 Å². The summed E-state index contributed by atoms with van der Waals surface area (Å²) in [5.41, 5.74) is 6.72. The number of fused-ring (bicyclic) bond motifs is 1. The molecular formula is C15H10BrFN2O2. The monoisotopic (exact) mass is 348 g/mol. The lowest BCUT2D eigenvalue weighted by Gasteiger charge is -2.14. The average molecular weight is 349 g/mol. The Morgan fingerprint density at radius 2 is 1.90 bits per heavy atom. The minimum absolute atomic E-state index is 0.128. The van der Waals surface area contributed by atoms with E-state index in [4.69, 9.17) is 5.73 Å². The molecule has 2 aromatic carbocycles. The molecule has 1 aliphatic heterocycles. The maximum absolute atomic E-state index is 13.8. The molecule has 21 heavy (non-hydrogen) atoms. The summed E-state index contributed by atoms with van der Waals surface area (Å²) in [5, 5.41) is 0. The zero-order chi connectivity index (χ0) is 15.1. The predicted molar refractivity (Wildman–Crippen MR) is 79.2 cm³/mol. The Morgan fingerprint density at radius 1 is 1.14 bits per heavy atom. The first-order valence-corrected chi connectivity index (χ1v) is 6.97. The van der Waals surface area contributed by atoms with Crippen LogP contribution < -0.4 is 5.73 Å². The highest BCUT2D eigenvalue weighted by Crippen LogP contribution is 2.29. The van der Waals surface area contributed by atoms with E-state index in [0.29, 0.717) is 4.47 Å². The molecule has 0 aliphatic carbocycles. The molecule has 0 spiro atoms. The summed E-state index contributed by atoms with van der Waals surface area (Å²) in [7, 11) is 0. The third kappa shape index (κ3) is 2.21. The molecule has 0 aromatic heterocycles. The molecule has 1 aliphatic rings. The molecule has 3 rings (SSSR count). The fourth-order valence-electron chi connectivity index (χ4n) is 2.34. The number of imide groups is 1. The van der Waals surface area contributed by atoms with Crippen LogP contribution in [0.15, 0.2) is 40.9 Å². The van der Waals surface area contributed by atoms with E-state index < -0.39 is 17.6 Å². The van der Waals surface area contributed by atoms with Crippen LogP contribution >= 0.6 is 15.9 Å². The lowest BCUT2D eigenvalue weighted by molar-refractivity contribution is 0.0641. The minimum atomic E-state index is -0.493. The standard InChI is InChI=1S/C15H10BrFN2O2/c16-9-4-5-11(17)8(6-9)7-19-14(20)10-2-1-3-12(18)13(10)15(19)21/h1-6H,7,18H2. The average Bonchev–Trinajstić information content (AvgIpc) is 2.69. The van der Waals surface area contributed by atoms with E-state index in [1.807, 2.05) is 0 Å². The van der Waals surface area contributed by atoms with Crippen molar-refractivity contribution in [1.82, 2.24) is 4.90 Å². The number of nitrogen functional groups attached to an aromatic ring is 1. The van der Waals surface area contributed by atoms with E-state index in [2.05, 4.69) is 15.9 Å². The van der Waals surface area contributed by atoms with Gasteiger partial charge in [-0.3, -0.25) is 14.5 Å². The highest BCUT2D eigenvalue weighted by atomic mass is 79.9. The van der Waals surface area contributed by atoms with Gasteiger partial charge in [0.25, 0.3) is 11.8 Å². The minimum Gasteiger partial charge on any atom is -0.398 e. The normalized spacial score (nSPS) is 13.7. The zero-order valence-electron chi connectivity index (χ0n) is 10.8. The van der Waals surface area contributed by atoms with Crippen molar-refractivity contribution in [2.24, 2.45) is 0 Å². The first kappa shape index (κ1) is 13.8. The molecule has 106 valence electrons.